The Hall–Kier alpha value is -0.0500. The molecular formula is C17H26BrNO. The van der Waals surface area contributed by atoms with Crippen LogP contribution in [0.1, 0.15) is 57.8 Å². The molecular weight excluding hydrogens is 314 g/mol. The topological polar surface area (TPSA) is 29.1 Å². The minimum atomic E-state index is 0.0409. The second-order valence-electron chi connectivity index (χ2n) is 8.32. The van der Waals surface area contributed by atoms with Crippen LogP contribution < -0.4 is 5.32 Å². The molecule has 5 saturated carbocycles. The van der Waals surface area contributed by atoms with Gasteiger partial charge in [0.2, 0.25) is 5.91 Å². The molecule has 0 aromatic carbocycles. The first-order chi connectivity index (χ1) is 9.63. The van der Waals surface area contributed by atoms with Crippen molar-refractivity contribution in [3.8, 4) is 0 Å². The fourth-order valence-electron chi connectivity index (χ4n) is 5.74. The third-order valence-corrected chi connectivity index (χ3v) is 7.12. The summed E-state index contributed by atoms with van der Waals surface area (Å²) in [5.41, 5.74) is 0.487. The standard InChI is InChI=1S/C17H26BrNO/c18-4-3-16(1-2-16)11-19-15(20)17-8-12-5-13(9-17)7-14(6-12)10-17/h12-14H,1-11H2,(H,19,20). The Bertz CT molecular complexity index is 380. The van der Waals surface area contributed by atoms with Gasteiger partial charge in [-0.2, -0.15) is 0 Å². The van der Waals surface area contributed by atoms with Crippen LogP contribution in [-0.2, 0) is 4.79 Å². The van der Waals surface area contributed by atoms with Gasteiger partial charge in [-0.3, -0.25) is 4.79 Å². The highest BCUT2D eigenvalue weighted by Gasteiger charge is 2.55. The van der Waals surface area contributed by atoms with Crippen molar-refractivity contribution < 1.29 is 4.79 Å². The Morgan fingerprint density at radius 1 is 1.05 bits per heavy atom. The molecule has 0 heterocycles. The van der Waals surface area contributed by atoms with Crippen LogP contribution >= 0.6 is 15.9 Å². The molecule has 5 aliphatic rings. The van der Waals surface area contributed by atoms with Crippen molar-refractivity contribution in [2.45, 2.75) is 57.8 Å². The van der Waals surface area contributed by atoms with Crippen molar-refractivity contribution in [2.24, 2.45) is 28.6 Å². The van der Waals surface area contributed by atoms with E-state index in [1.807, 2.05) is 0 Å². The first-order valence-corrected chi connectivity index (χ1v) is 9.60. The van der Waals surface area contributed by atoms with Gasteiger partial charge in [-0.15, -0.1) is 0 Å². The lowest BCUT2D eigenvalue weighted by molar-refractivity contribution is -0.146. The van der Waals surface area contributed by atoms with Crippen molar-refractivity contribution in [3.63, 3.8) is 0 Å². The maximum absolute atomic E-state index is 12.9. The number of hydrogen-bond acceptors (Lipinski definition) is 1. The molecule has 0 radical (unpaired) electrons. The lowest BCUT2D eigenvalue weighted by atomic mass is 9.49. The number of hydrogen-bond donors (Lipinski definition) is 1. The average molecular weight is 340 g/mol. The van der Waals surface area contributed by atoms with Crippen molar-refractivity contribution >= 4 is 21.8 Å². The summed E-state index contributed by atoms with van der Waals surface area (Å²) in [6.07, 6.45) is 11.6. The average Bonchev–Trinajstić information content (AvgIpc) is 3.15. The molecule has 112 valence electrons. The smallest absolute Gasteiger partial charge is 0.226 e. The van der Waals surface area contributed by atoms with Gasteiger partial charge in [-0.1, -0.05) is 15.9 Å². The fraction of sp³-hybridized carbons (Fsp3) is 0.941. The molecule has 0 saturated heterocycles. The van der Waals surface area contributed by atoms with Crippen LogP contribution in [0, 0.1) is 28.6 Å². The molecule has 20 heavy (non-hydrogen) atoms. The molecule has 0 aliphatic heterocycles. The Balaban J connectivity index is 1.41. The molecule has 1 N–H and O–H groups in total. The van der Waals surface area contributed by atoms with Gasteiger partial charge in [0.15, 0.2) is 0 Å². The third kappa shape index (κ3) is 2.24. The maximum atomic E-state index is 12.9. The summed E-state index contributed by atoms with van der Waals surface area (Å²) in [7, 11) is 0. The van der Waals surface area contributed by atoms with E-state index in [-0.39, 0.29) is 5.41 Å². The van der Waals surface area contributed by atoms with Gasteiger partial charge >= 0.3 is 0 Å². The summed E-state index contributed by atoms with van der Waals surface area (Å²) in [6.45, 7) is 0.930. The molecule has 0 spiro atoms. The summed E-state index contributed by atoms with van der Waals surface area (Å²) in [5, 5.41) is 4.44. The third-order valence-electron chi connectivity index (χ3n) is 6.73. The molecule has 0 unspecified atom stereocenters. The first kappa shape index (κ1) is 13.6. The van der Waals surface area contributed by atoms with Crippen LogP contribution in [0.4, 0.5) is 0 Å². The molecule has 4 bridgehead atoms. The van der Waals surface area contributed by atoms with E-state index in [1.165, 1.54) is 57.8 Å². The number of nitrogens with one attached hydrogen (secondary N) is 1. The minimum Gasteiger partial charge on any atom is -0.355 e. The van der Waals surface area contributed by atoms with Crippen LogP contribution in [-0.4, -0.2) is 17.8 Å². The van der Waals surface area contributed by atoms with E-state index in [0.717, 1.165) is 29.6 Å². The molecule has 2 nitrogen and oxygen atoms in total. The zero-order valence-corrected chi connectivity index (χ0v) is 13.9. The van der Waals surface area contributed by atoms with Crippen molar-refractivity contribution in [1.82, 2.24) is 5.32 Å². The number of carbonyl (C=O) groups is 1. The summed E-state index contributed by atoms with van der Waals surface area (Å²) < 4.78 is 0. The number of halogens is 1. The Labute approximate surface area is 130 Å². The highest BCUT2D eigenvalue weighted by atomic mass is 79.9. The summed E-state index contributed by atoms with van der Waals surface area (Å²) in [6, 6.07) is 0. The quantitative estimate of drug-likeness (QED) is 0.756. The van der Waals surface area contributed by atoms with E-state index in [9.17, 15) is 4.79 Å². The van der Waals surface area contributed by atoms with E-state index < -0.39 is 0 Å². The second-order valence-corrected chi connectivity index (χ2v) is 9.11. The summed E-state index contributed by atoms with van der Waals surface area (Å²) >= 11 is 3.55. The van der Waals surface area contributed by atoms with E-state index >= 15 is 0 Å². The molecule has 5 aliphatic carbocycles. The number of carbonyl (C=O) groups excluding carboxylic acids is 1. The first-order valence-electron chi connectivity index (χ1n) is 8.47. The van der Waals surface area contributed by atoms with Gasteiger partial charge in [-0.25, -0.2) is 0 Å². The van der Waals surface area contributed by atoms with Crippen molar-refractivity contribution in [2.75, 3.05) is 11.9 Å². The van der Waals surface area contributed by atoms with Crippen LogP contribution in [0.25, 0.3) is 0 Å². The fourth-order valence-corrected chi connectivity index (χ4v) is 6.58. The van der Waals surface area contributed by atoms with Gasteiger partial charge in [0.05, 0.1) is 0 Å². The normalized spacial score (nSPS) is 43.5. The highest BCUT2D eigenvalue weighted by molar-refractivity contribution is 9.09. The zero-order chi connectivity index (χ0) is 13.8. The molecule has 0 aromatic rings. The largest absolute Gasteiger partial charge is 0.355 e. The van der Waals surface area contributed by atoms with Gasteiger partial charge in [0.1, 0.15) is 0 Å². The van der Waals surface area contributed by atoms with Crippen molar-refractivity contribution in [1.29, 1.82) is 0 Å². The van der Waals surface area contributed by atoms with Crippen molar-refractivity contribution in [3.05, 3.63) is 0 Å². The molecule has 1 amide bonds. The Morgan fingerprint density at radius 2 is 1.60 bits per heavy atom. The number of alkyl halides is 1. The summed E-state index contributed by atoms with van der Waals surface area (Å²) in [5.74, 6) is 3.01. The second kappa shape index (κ2) is 4.72. The molecule has 0 atom stereocenters. The van der Waals surface area contributed by atoms with Crippen LogP contribution in [0.2, 0.25) is 0 Å². The van der Waals surface area contributed by atoms with Gasteiger partial charge in [0.25, 0.3) is 0 Å². The lowest BCUT2D eigenvalue weighted by Gasteiger charge is -2.55. The predicted molar refractivity (Wildman–Crippen MR) is 83.7 cm³/mol. The molecule has 3 heteroatoms. The van der Waals surface area contributed by atoms with Gasteiger partial charge in [-0.05, 0) is 81.0 Å². The molecule has 5 rings (SSSR count). The van der Waals surface area contributed by atoms with E-state index in [1.54, 1.807) is 0 Å². The lowest BCUT2D eigenvalue weighted by Crippen LogP contribution is -2.54. The van der Waals surface area contributed by atoms with Crippen LogP contribution in [0.3, 0.4) is 0 Å². The molecule has 0 aromatic heterocycles. The number of amides is 1. The van der Waals surface area contributed by atoms with E-state index in [2.05, 4.69) is 21.2 Å². The molecule has 5 fully saturated rings. The van der Waals surface area contributed by atoms with Gasteiger partial charge < -0.3 is 5.32 Å². The van der Waals surface area contributed by atoms with E-state index in [0.29, 0.717) is 11.3 Å². The maximum Gasteiger partial charge on any atom is 0.226 e. The zero-order valence-electron chi connectivity index (χ0n) is 12.3. The Morgan fingerprint density at radius 3 is 2.05 bits per heavy atom. The van der Waals surface area contributed by atoms with E-state index in [4.69, 9.17) is 0 Å². The van der Waals surface area contributed by atoms with Gasteiger partial charge in [0, 0.05) is 17.3 Å². The predicted octanol–water partition coefficient (Wildman–Crippen LogP) is 3.88. The SMILES string of the molecule is O=C(NCC1(CCBr)CC1)C12CC3CC(CC(C3)C1)C2. The van der Waals surface area contributed by atoms with Crippen LogP contribution in [0.15, 0.2) is 0 Å². The highest BCUT2D eigenvalue weighted by Crippen LogP contribution is 2.60. The van der Waals surface area contributed by atoms with Crippen LogP contribution in [0.5, 0.6) is 0 Å². The number of rotatable bonds is 5. The Kier molecular flexibility index (Phi) is 3.21. The minimum absolute atomic E-state index is 0.0409. The monoisotopic (exact) mass is 339 g/mol. The summed E-state index contributed by atoms with van der Waals surface area (Å²) in [4.78, 5) is 12.9.